The molecular weight excluding hydrogens is 244 g/mol. The molecule has 106 valence electrons. The van der Waals surface area contributed by atoms with Gasteiger partial charge in [0.15, 0.2) is 0 Å². The lowest BCUT2D eigenvalue weighted by Gasteiger charge is -2.08. The predicted molar refractivity (Wildman–Crippen MR) is 72.3 cm³/mol. The van der Waals surface area contributed by atoms with Gasteiger partial charge in [0.25, 0.3) is 0 Å². The molecule has 0 unspecified atom stereocenters. The molecule has 0 bridgehead atoms. The van der Waals surface area contributed by atoms with Crippen LogP contribution in [0.5, 0.6) is 5.88 Å². The molecule has 19 heavy (non-hydrogen) atoms. The van der Waals surface area contributed by atoms with Crippen molar-refractivity contribution in [2.45, 2.75) is 25.4 Å². The van der Waals surface area contributed by atoms with Gasteiger partial charge < -0.3 is 19.5 Å². The fraction of sp³-hybridized carbons (Fsp3) is 0.643. The molecule has 1 heterocycles. The van der Waals surface area contributed by atoms with Crippen molar-refractivity contribution in [3.8, 4) is 5.88 Å². The Morgan fingerprint density at radius 1 is 1.21 bits per heavy atom. The van der Waals surface area contributed by atoms with E-state index in [1.165, 1.54) is 12.8 Å². The summed E-state index contributed by atoms with van der Waals surface area (Å²) in [5, 5.41) is 3.43. The number of aromatic nitrogens is 1. The van der Waals surface area contributed by atoms with E-state index in [1.54, 1.807) is 7.11 Å². The third-order valence-corrected chi connectivity index (χ3v) is 2.84. The van der Waals surface area contributed by atoms with Crippen LogP contribution in [0.1, 0.15) is 18.5 Å². The van der Waals surface area contributed by atoms with Gasteiger partial charge in [-0.3, -0.25) is 0 Å². The number of hydrogen-bond acceptors (Lipinski definition) is 5. The van der Waals surface area contributed by atoms with Crippen molar-refractivity contribution in [2.75, 3.05) is 33.5 Å². The number of ether oxygens (including phenoxy) is 3. The number of rotatable bonds is 10. The molecule has 1 aliphatic rings. The summed E-state index contributed by atoms with van der Waals surface area (Å²) >= 11 is 0. The number of nitrogens with zero attached hydrogens (tertiary/aromatic N) is 1. The lowest BCUT2D eigenvalue weighted by atomic mass is 10.3. The molecule has 5 heteroatoms. The van der Waals surface area contributed by atoms with Gasteiger partial charge in [0.1, 0.15) is 6.61 Å². The van der Waals surface area contributed by atoms with Crippen LogP contribution in [-0.4, -0.2) is 44.6 Å². The van der Waals surface area contributed by atoms with Crippen molar-refractivity contribution in [1.82, 2.24) is 10.3 Å². The van der Waals surface area contributed by atoms with Crippen LogP contribution < -0.4 is 10.1 Å². The Kier molecular flexibility index (Phi) is 6.07. The van der Waals surface area contributed by atoms with Crippen molar-refractivity contribution < 1.29 is 14.2 Å². The Bertz CT molecular complexity index is 369. The van der Waals surface area contributed by atoms with Crippen molar-refractivity contribution in [3.05, 3.63) is 23.9 Å². The summed E-state index contributed by atoms with van der Waals surface area (Å²) in [6.07, 6.45) is 2.57. The highest BCUT2D eigenvalue weighted by molar-refractivity contribution is 5.15. The molecule has 1 fully saturated rings. The monoisotopic (exact) mass is 266 g/mol. The number of methoxy groups -OCH3 is 1. The Morgan fingerprint density at radius 3 is 2.84 bits per heavy atom. The highest BCUT2D eigenvalue weighted by atomic mass is 16.5. The zero-order chi connectivity index (χ0) is 13.3. The first kappa shape index (κ1) is 14.2. The van der Waals surface area contributed by atoms with Crippen LogP contribution in [0.25, 0.3) is 0 Å². The van der Waals surface area contributed by atoms with Crippen LogP contribution in [0.15, 0.2) is 18.2 Å². The lowest BCUT2D eigenvalue weighted by Crippen LogP contribution is -2.16. The molecule has 5 nitrogen and oxygen atoms in total. The minimum atomic E-state index is 0.510. The van der Waals surface area contributed by atoms with Gasteiger partial charge >= 0.3 is 0 Å². The maximum absolute atomic E-state index is 5.54. The Labute approximate surface area is 114 Å². The van der Waals surface area contributed by atoms with E-state index in [-0.39, 0.29) is 0 Å². The normalized spacial score (nSPS) is 14.6. The van der Waals surface area contributed by atoms with Crippen molar-refractivity contribution >= 4 is 0 Å². The third-order valence-electron chi connectivity index (χ3n) is 2.84. The first-order valence-corrected chi connectivity index (χ1v) is 6.77. The van der Waals surface area contributed by atoms with Crippen LogP contribution in [0, 0.1) is 0 Å². The molecule has 0 aliphatic heterocycles. The van der Waals surface area contributed by atoms with Gasteiger partial charge in [-0.05, 0) is 18.9 Å². The average Bonchev–Trinajstić information content (AvgIpc) is 3.25. The molecule has 1 aromatic heterocycles. The quantitative estimate of drug-likeness (QED) is 0.648. The molecule has 0 aromatic carbocycles. The molecule has 1 aromatic rings. The Balaban J connectivity index is 1.63. The fourth-order valence-corrected chi connectivity index (χ4v) is 1.62. The van der Waals surface area contributed by atoms with Gasteiger partial charge in [-0.25, -0.2) is 4.98 Å². The van der Waals surface area contributed by atoms with E-state index in [0.29, 0.717) is 38.3 Å². The molecule has 0 spiro atoms. The van der Waals surface area contributed by atoms with E-state index in [9.17, 15) is 0 Å². The van der Waals surface area contributed by atoms with Crippen LogP contribution in [-0.2, 0) is 16.0 Å². The SMILES string of the molecule is COCCOCCOc1cccc(CNC2CC2)n1. The molecule has 2 rings (SSSR count). The average molecular weight is 266 g/mol. The minimum Gasteiger partial charge on any atom is -0.475 e. The van der Waals surface area contributed by atoms with E-state index in [0.717, 1.165) is 12.2 Å². The van der Waals surface area contributed by atoms with Crippen molar-refractivity contribution in [2.24, 2.45) is 0 Å². The first-order valence-electron chi connectivity index (χ1n) is 6.77. The first-order chi connectivity index (χ1) is 9.38. The highest BCUT2D eigenvalue weighted by Gasteiger charge is 2.20. The van der Waals surface area contributed by atoms with E-state index in [4.69, 9.17) is 14.2 Å². The van der Waals surface area contributed by atoms with Gasteiger partial charge in [-0.2, -0.15) is 0 Å². The van der Waals surface area contributed by atoms with Gasteiger partial charge in [0.2, 0.25) is 5.88 Å². The van der Waals surface area contributed by atoms with Gasteiger partial charge in [0, 0.05) is 25.8 Å². The fourth-order valence-electron chi connectivity index (χ4n) is 1.62. The zero-order valence-electron chi connectivity index (χ0n) is 11.4. The summed E-state index contributed by atoms with van der Waals surface area (Å²) < 4.78 is 15.8. The van der Waals surface area contributed by atoms with Gasteiger partial charge in [-0.15, -0.1) is 0 Å². The number of pyridine rings is 1. The number of hydrogen-bond donors (Lipinski definition) is 1. The second kappa shape index (κ2) is 8.09. The topological polar surface area (TPSA) is 52.6 Å². The maximum Gasteiger partial charge on any atom is 0.213 e. The van der Waals surface area contributed by atoms with E-state index in [1.807, 2.05) is 18.2 Å². The summed E-state index contributed by atoms with van der Waals surface area (Å²) in [7, 11) is 1.66. The van der Waals surface area contributed by atoms with Crippen LogP contribution in [0.3, 0.4) is 0 Å². The van der Waals surface area contributed by atoms with Gasteiger partial charge in [0.05, 0.1) is 25.5 Å². The molecule has 0 saturated heterocycles. The Hall–Kier alpha value is -1.17. The van der Waals surface area contributed by atoms with Crippen LogP contribution >= 0.6 is 0 Å². The summed E-state index contributed by atoms with van der Waals surface area (Å²) in [6.45, 7) is 3.08. The van der Waals surface area contributed by atoms with Crippen molar-refractivity contribution in [3.63, 3.8) is 0 Å². The molecule has 1 N–H and O–H groups in total. The van der Waals surface area contributed by atoms with Crippen LogP contribution in [0.2, 0.25) is 0 Å². The zero-order valence-corrected chi connectivity index (χ0v) is 11.4. The molecule has 0 atom stereocenters. The summed E-state index contributed by atoms with van der Waals surface area (Å²) in [5.74, 6) is 0.658. The molecule has 0 amide bonds. The molecular formula is C14H22N2O3. The third kappa shape index (κ3) is 6.00. The minimum absolute atomic E-state index is 0.510. The summed E-state index contributed by atoms with van der Waals surface area (Å²) in [5.41, 5.74) is 1.02. The molecule has 0 radical (unpaired) electrons. The smallest absolute Gasteiger partial charge is 0.213 e. The number of nitrogens with one attached hydrogen (secondary N) is 1. The maximum atomic E-state index is 5.54. The van der Waals surface area contributed by atoms with E-state index < -0.39 is 0 Å². The summed E-state index contributed by atoms with van der Waals surface area (Å²) in [6, 6.07) is 6.55. The second-order valence-corrected chi connectivity index (χ2v) is 4.58. The van der Waals surface area contributed by atoms with Gasteiger partial charge in [-0.1, -0.05) is 6.07 Å². The summed E-state index contributed by atoms with van der Waals surface area (Å²) in [4.78, 5) is 4.44. The van der Waals surface area contributed by atoms with E-state index >= 15 is 0 Å². The standard InChI is InChI=1S/C14H22N2O3/c1-17-7-8-18-9-10-19-14-4-2-3-13(16-14)11-15-12-5-6-12/h2-4,12,15H,5-11H2,1H3. The molecule has 1 aliphatic carbocycles. The second-order valence-electron chi connectivity index (χ2n) is 4.58. The van der Waals surface area contributed by atoms with E-state index in [2.05, 4.69) is 10.3 Å². The molecule has 1 saturated carbocycles. The van der Waals surface area contributed by atoms with Crippen molar-refractivity contribution in [1.29, 1.82) is 0 Å². The predicted octanol–water partition coefficient (Wildman–Crippen LogP) is 1.38. The van der Waals surface area contributed by atoms with Crippen LogP contribution in [0.4, 0.5) is 0 Å². The lowest BCUT2D eigenvalue weighted by molar-refractivity contribution is 0.0536. The largest absolute Gasteiger partial charge is 0.475 e. The highest BCUT2D eigenvalue weighted by Crippen LogP contribution is 2.19. The Morgan fingerprint density at radius 2 is 2.05 bits per heavy atom.